The first-order valence-corrected chi connectivity index (χ1v) is 5.90. The largest absolute Gasteiger partial charge is 0.497 e. The number of anilines is 2. The van der Waals surface area contributed by atoms with Crippen LogP contribution in [0.5, 0.6) is 5.75 Å². The zero-order valence-electron chi connectivity index (χ0n) is 11.1. The fraction of sp³-hybridized carbons (Fsp3) is 0.462. The van der Waals surface area contributed by atoms with Crippen LogP contribution in [-0.4, -0.2) is 26.1 Å². The number of primary amides is 1. The van der Waals surface area contributed by atoms with Gasteiger partial charge in [-0.25, -0.2) is 0 Å². The second-order valence-electron chi connectivity index (χ2n) is 4.67. The molecule has 0 radical (unpaired) electrons. The molecule has 5 heteroatoms. The van der Waals surface area contributed by atoms with Crippen molar-refractivity contribution in [3.8, 4) is 5.75 Å². The lowest BCUT2D eigenvalue weighted by atomic mass is 10.1. The van der Waals surface area contributed by atoms with Crippen molar-refractivity contribution in [2.45, 2.75) is 13.8 Å². The third kappa shape index (κ3) is 3.84. The SMILES string of the molecule is COc1ccc(N)c(N(CC(N)=O)CC(C)C)c1. The smallest absolute Gasteiger partial charge is 0.236 e. The van der Waals surface area contributed by atoms with Crippen LogP contribution in [0.2, 0.25) is 0 Å². The molecule has 0 aliphatic rings. The summed E-state index contributed by atoms with van der Waals surface area (Å²) in [5.74, 6) is 0.727. The molecule has 0 saturated heterocycles. The first kappa shape index (κ1) is 14.2. The lowest BCUT2D eigenvalue weighted by molar-refractivity contribution is -0.116. The number of carbonyl (C=O) groups excluding carboxylic acids is 1. The van der Waals surface area contributed by atoms with Gasteiger partial charge in [0.25, 0.3) is 0 Å². The number of rotatable bonds is 6. The highest BCUT2D eigenvalue weighted by Gasteiger charge is 2.14. The second kappa shape index (κ2) is 6.14. The minimum Gasteiger partial charge on any atom is -0.497 e. The molecule has 0 fully saturated rings. The number of ether oxygens (including phenoxy) is 1. The van der Waals surface area contributed by atoms with Gasteiger partial charge in [0.15, 0.2) is 0 Å². The van der Waals surface area contributed by atoms with Crippen LogP contribution < -0.4 is 21.1 Å². The first-order valence-electron chi connectivity index (χ1n) is 5.90. The Morgan fingerprint density at radius 2 is 2.11 bits per heavy atom. The molecule has 0 spiro atoms. The van der Waals surface area contributed by atoms with Crippen molar-refractivity contribution in [3.05, 3.63) is 18.2 Å². The van der Waals surface area contributed by atoms with E-state index < -0.39 is 0 Å². The van der Waals surface area contributed by atoms with Crippen molar-refractivity contribution in [3.63, 3.8) is 0 Å². The van der Waals surface area contributed by atoms with Crippen molar-refractivity contribution in [2.24, 2.45) is 11.7 Å². The molecule has 0 unspecified atom stereocenters. The molecular weight excluding hydrogens is 230 g/mol. The minimum atomic E-state index is -0.377. The molecule has 0 aliphatic heterocycles. The van der Waals surface area contributed by atoms with E-state index in [0.29, 0.717) is 23.9 Å². The standard InChI is InChI=1S/C13H21N3O2/c1-9(2)7-16(8-13(15)17)12-6-10(18-3)4-5-11(12)14/h4-6,9H,7-8,14H2,1-3H3,(H2,15,17). The minimum absolute atomic E-state index is 0.148. The molecule has 1 aromatic rings. The molecule has 0 atom stereocenters. The van der Waals surface area contributed by atoms with Crippen LogP contribution >= 0.6 is 0 Å². The highest BCUT2D eigenvalue weighted by atomic mass is 16.5. The Kier molecular flexibility index (Phi) is 4.83. The van der Waals surface area contributed by atoms with E-state index >= 15 is 0 Å². The molecule has 0 saturated carbocycles. The number of amides is 1. The van der Waals surface area contributed by atoms with Crippen LogP contribution in [0.15, 0.2) is 18.2 Å². The molecule has 1 amide bonds. The highest BCUT2D eigenvalue weighted by molar-refractivity contribution is 5.82. The Balaban J connectivity index is 3.06. The van der Waals surface area contributed by atoms with E-state index in [-0.39, 0.29) is 12.5 Å². The van der Waals surface area contributed by atoms with Crippen molar-refractivity contribution in [1.82, 2.24) is 0 Å². The number of nitrogen functional groups attached to an aromatic ring is 1. The molecule has 1 aromatic carbocycles. The van der Waals surface area contributed by atoms with Gasteiger partial charge in [0, 0.05) is 12.6 Å². The summed E-state index contributed by atoms with van der Waals surface area (Å²) in [6.45, 7) is 5.00. The zero-order valence-corrected chi connectivity index (χ0v) is 11.1. The van der Waals surface area contributed by atoms with Crippen molar-refractivity contribution in [2.75, 3.05) is 30.8 Å². The number of hydrogen-bond donors (Lipinski definition) is 2. The van der Waals surface area contributed by atoms with Gasteiger partial charge in [0.05, 0.1) is 25.0 Å². The average Bonchev–Trinajstić information content (AvgIpc) is 2.27. The van der Waals surface area contributed by atoms with E-state index in [9.17, 15) is 4.79 Å². The third-order valence-corrected chi connectivity index (χ3v) is 2.51. The van der Waals surface area contributed by atoms with Crippen LogP contribution in [-0.2, 0) is 4.79 Å². The summed E-state index contributed by atoms with van der Waals surface area (Å²) in [6.07, 6.45) is 0. The molecule has 0 heterocycles. The summed E-state index contributed by atoms with van der Waals surface area (Å²) in [7, 11) is 1.59. The summed E-state index contributed by atoms with van der Waals surface area (Å²) in [5.41, 5.74) is 12.6. The Morgan fingerprint density at radius 3 is 2.61 bits per heavy atom. The molecule has 5 nitrogen and oxygen atoms in total. The van der Waals surface area contributed by atoms with Crippen LogP contribution in [0.3, 0.4) is 0 Å². The molecular formula is C13H21N3O2. The summed E-state index contributed by atoms with van der Waals surface area (Å²) >= 11 is 0. The Morgan fingerprint density at radius 1 is 1.44 bits per heavy atom. The van der Waals surface area contributed by atoms with E-state index in [1.807, 2.05) is 11.0 Å². The number of nitrogens with zero attached hydrogens (tertiary/aromatic N) is 1. The van der Waals surface area contributed by atoms with Crippen molar-refractivity contribution < 1.29 is 9.53 Å². The summed E-state index contributed by atoms with van der Waals surface area (Å²) < 4.78 is 5.17. The number of methoxy groups -OCH3 is 1. The Labute approximate surface area is 108 Å². The van der Waals surface area contributed by atoms with Gasteiger partial charge in [-0.05, 0) is 18.1 Å². The lowest BCUT2D eigenvalue weighted by Gasteiger charge is -2.26. The molecule has 1 rings (SSSR count). The summed E-state index contributed by atoms with van der Waals surface area (Å²) in [6, 6.07) is 5.37. The lowest BCUT2D eigenvalue weighted by Crippen LogP contribution is -2.36. The van der Waals surface area contributed by atoms with Gasteiger partial charge in [-0.1, -0.05) is 13.8 Å². The van der Waals surface area contributed by atoms with Crippen LogP contribution in [0.4, 0.5) is 11.4 Å². The third-order valence-electron chi connectivity index (χ3n) is 2.51. The van der Waals surface area contributed by atoms with Gasteiger partial charge < -0.3 is 21.1 Å². The highest BCUT2D eigenvalue weighted by Crippen LogP contribution is 2.28. The molecule has 100 valence electrons. The van der Waals surface area contributed by atoms with Gasteiger partial charge in [-0.15, -0.1) is 0 Å². The Hall–Kier alpha value is -1.91. The molecule has 0 bridgehead atoms. The molecule has 18 heavy (non-hydrogen) atoms. The monoisotopic (exact) mass is 251 g/mol. The van der Waals surface area contributed by atoms with Crippen molar-refractivity contribution in [1.29, 1.82) is 0 Å². The van der Waals surface area contributed by atoms with Gasteiger partial charge in [-0.2, -0.15) is 0 Å². The van der Waals surface area contributed by atoms with Gasteiger partial charge >= 0.3 is 0 Å². The number of carbonyl (C=O) groups is 1. The maximum atomic E-state index is 11.1. The predicted octanol–water partition coefficient (Wildman–Crippen LogP) is 1.23. The van der Waals surface area contributed by atoms with E-state index in [2.05, 4.69) is 13.8 Å². The fourth-order valence-corrected chi connectivity index (χ4v) is 1.80. The zero-order chi connectivity index (χ0) is 13.7. The average molecular weight is 251 g/mol. The maximum absolute atomic E-state index is 11.1. The molecule has 0 aromatic heterocycles. The first-order chi connectivity index (χ1) is 8.43. The van der Waals surface area contributed by atoms with Crippen molar-refractivity contribution >= 4 is 17.3 Å². The van der Waals surface area contributed by atoms with E-state index in [0.717, 1.165) is 5.69 Å². The predicted molar refractivity (Wildman–Crippen MR) is 73.7 cm³/mol. The summed E-state index contributed by atoms with van der Waals surface area (Å²) in [5, 5.41) is 0. The maximum Gasteiger partial charge on any atom is 0.236 e. The normalized spacial score (nSPS) is 10.4. The molecule has 4 N–H and O–H groups in total. The van der Waals surface area contributed by atoms with Gasteiger partial charge in [0.1, 0.15) is 5.75 Å². The summed E-state index contributed by atoms with van der Waals surface area (Å²) in [4.78, 5) is 13.0. The number of benzene rings is 1. The van der Waals surface area contributed by atoms with Crippen LogP contribution in [0.1, 0.15) is 13.8 Å². The van der Waals surface area contributed by atoms with E-state index in [1.54, 1.807) is 19.2 Å². The van der Waals surface area contributed by atoms with Gasteiger partial charge in [-0.3, -0.25) is 4.79 Å². The topological polar surface area (TPSA) is 81.6 Å². The quantitative estimate of drug-likeness (QED) is 0.745. The number of nitrogens with two attached hydrogens (primary N) is 2. The van der Waals surface area contributed by atoms with Gasteiger partial charge in [0.2, 0.25) is 5.91 Å². The molecule has 0 aliphatic carbocycles. The van der Waals surface area contributed by atoms with E-state index in [4.69, 9.17) is 16.2 Å². The number of hydrogen-bond acceptors (Lipinski definition) is 4. The van der Waals surface area contributed by atoms with Crippen LogP contribution in [0, 0.1) is 5.92 Å². The second-order valence-corrected chi connectivity index (χ2v) is 4.67. The fourth-order valence-electron chi connectivity index (χ4n) is 1.80. The van der Waals surface area contributed by atoms with Crippen LogP contribution in [0.25, 0.3) is 0 Å². The Bertz CT molecular complexity index is 419. The van der Waals surface area contributed by atoms with E-state index in [1.165, 1.54) is 0 Å².